The summed E-state index contributed by atoms with van der Waals surface area (Å²) in [5, 5.41) is 7.19. The van der Waals surface area contributed by atoms with Crippen LogP contribution in [0.5, 0.6) is 0 Å². The Balaban J connectivity index is 2.18. The number of rotatable bonds is 4. The second kappa shape index (κ2) is 6.03. The molecule has 0 unspecified atom stereocenters. The third kappa shape index (κ3) is 2.92. The van der Waals surface area contributed by atoms with Crippen LogP contribution in [0.4, 0.5) is 5.82 Å². The van der Waals surface area contributed by atoms with Gasteiger partial charge in [0.1, 0.15) is 0 Å². The minimum Gasteiger partial charge on any atom is -0.363 e. The standard InChI is InChI=1S/C13H22N4O2S/c1-16-11(18)10(15-17(2)12(16)19)14-9-13(20-3)7-5-4-6-8-13/h4-9H2,1-3H3,(H,14,15). The van der Waals surface area contributed by atoms with Crippen molar-refractivity contribution in [2.75, 3.05) is 18.1 Å². The average Bonchev–Trinajstić information content (AvgIpc) is 2.48. The van der Waals surface area contributed by atoms with Gasteiger partial charge in [0, 0.05) is 25.4 Å². The van der Waals surface area contributed by atoms with Gasteiger partial charge >= 0.3 is 5.69 Å². The zero-order chi connectivity index (χ0) is 14.8. The Morgan fingerprint density at radius 1 is 1.25 bits per heavy atom. The Hall–Kier alpha value is -1.24. The third-order valence-corrected chi connectivity index (χ3v) is 5.52. The molecular formula is C13H22N4O2S. The lowest BCUT2D eigenvalue weighted by molar-refractivity contribution is 0.410. The summed E-state index contributed by atoms with van der Waals surface area (Å²) in [6, 6.07) is 0. The van der Waals surface area contributed by atoms with Gasteiger partial charge in [0.2, 0.25) is 5.82 Å². The van der Waals surface area contributed by atoms with E-state index in [1.165, 1.54) is 31.0 Å². The van der Waals surface area contributed by atoms with Gasteiger partial charge in [-0.1, -0.05) is 19.3 Å². The van der Waals surface area contributed by atoms with E-state index in [1.54, 1.807) is 7.05 Å². The molecule has 1 aliphatic rings. The zero-order valence-electron chi connectivity index (χ0n) is 12.3. The van der Waals surface area contributed by atoms with E-state index >= 15 is 0 Å². The van der Waals surface area contributed by atoms with E-state index in [2.05, 4.69) is 16.7 Å². The molecule has 1 saturated carbocycles. The van der Waals surface area contributed by atoms with E-state index in [9.17, 15) is 9.59 Å². The third-order valence-electron chi connectivity index (χ3n) is 4.10. The lowest BCUT2D eigenvalue weighted by Gasteiger charge is -2.35. The van der Waals surface area contributed by atoms with Crippen LogP contribution < -0.4 is 16.6 Å². The molecule has 7 heteroatoms. The SMILES string of the molecule is CSC1(CNc2nn(C)c(=O)n(C)c2=O)CCCCC1. The molecular weight excluding hydrogens is 276 g/mol. The van der Waals surface area contributed by atoms with Crippen molar-refractivity contribution in [2.24, 2.45) is 14.1 Å². The summed E-state index contributed by atoms with van der Waals surface area (Å²) < 4.78 is 2.46. The molecule has 1 heterocycles. The van der Waals surface area contributed by atoms with E-state index in [4.69, 9.17) is 0 Å². The number of aromatic nitrogens is 3. The van der Waals surface area contributed by atoms with Crippen LogP contribution >= 0.6 is 11.8 Å². The number of nitrogens with one attached hydrogen (secondary N) is 1. The average molecular weight is 298 g/mol. The minimum absolute atomic E-state index is 0.180. The number of anilines is 1. The first-order valence-electron chi connectivity index (χ1n) is 6.92. The molecule has 112 valence electrons. The lowest BCUT2D eigenvalue weighted by Crippen LogP contribution is -2.42. The largest absolute Gasteiger partial charge is 0.363 e. The Labute approximate surface area is 122 Å². The topological polar surface area (TPSA) is 68.9 Å². The Morgan fingerprint density at radius 2 is 1.90 bits per heavy atom. The van der Waals surface area contributed by atoms with Gasteiger partial charge in [0.05, 0.1) is 0 Å². The molecule has 20 heavy (non-hydrogen) atoms. The van der Waals surface area contributed by atoms with E-state index in [1.807, 2.05) is 11.8 Å². The Morgan fingerprint density at radius 3 is 2.50 bits per heavy atom. The predicted molar refractivity (Wildman–Crippen MR) is 82.5 cm³/mol. The van der Waals surface area contributed by atoms with Crippen LogP contribution in [0.25, 0.3) is 0 Å². The van der Waals surface area contributed by atoms with Crippen molar-refractivity contribution in [2.45, 2.75) is 36.9 Å². The molecule has 1 N–H and O–H groups in total. The fourth-order valence-electron chi connectivity index (χ4n) is 2.70. The maximum absolute atomic E-state index is 12.0. The van der Waals surface area contributed by atoms with E-state index in [-0.39, 0.29) is 16.1 Å². The summed E-state index contributed by atoms with van der Waals surface area (Å²) in [6.45, 7) is 0.717. The highest BCUT2D eigenvalue weighted by molar-refractivity contribution is 8.00. The monoisotopic (exact) mass is 298 g/mol. The molecule has 1 aliphatic carbocycles. The quantitative estimate of drug-likeness (QED) is 0.896. The molecule has 6 nitrogen and oxygen atoms in total. The minimum atomic E-state index is -0.405. The molecule has 1 fully saturated rings. The molecule has 1 aromatic heterocycles. The number of hydrogen-bond acceptors (Lipinski definition) is 5. The molecule has 0 aromatic carbocycles. The van der Waals surface area contributed by atoms with Crippen LogP contribution in [0.2, 0.25) is 0 Å². The predicted octanol–water partition coefficient (Wildman–Crippen LogP) is 0.957. The van der Waals surface area contributed by atoms with E-state index in [0.717, 1.165) is 17.4 Å². The molecule has 1 aromatic rings. The normalized spacial score (nSPS) is 17.9. The van der Waals surface area contributed by atoms with Crippen molar-refractivity contribution >= 4 is 17.6 Å². The molecule has 0 atom stereocenters. The molecule has 0 spiro atoms. The van der Waals surface area contributed by atoms with Crippen molar-refractivity contribution in [1.29, 1.82) is 0 Å². The van der Waals surface area contributed by atoms with Gasteiger partial charge in [-0.15, -0.1) is 5.10 Å². The van der Waals surface area contributed by atoms with Crippen molar-refractivity contribution in [3.63, 3.8) is 0 Å². The van der Waals surface area contributed by atoms with Crippen molar-refractivity contribution in [3.05, 3.63) is 20.8 Å². The van der Waals surface area contributed by atoms with E-state index < -0.39 is 5.69 Å². The van der Waals surface area contributed by atoms with Gasteiger partial charge in [0.15, 0.2) is 0 Å². The maximum Gasteiger partial charge on any atom is 0.346 e. The van der Waals surface area contributed by atoms with Gasteiger partial charge < -0.3 is 5.32 Å². The van der Waals surface area contributed by atoms with Gasteiger partial charge in [-0.25, -0.2) is 9.48 Å². The summed E-state index contributed by atoms with van der Waals surface area (Å²) in [5.41, 5.74) is -0.766. The number of hydrogen-bond donors (Lipinski definition) is 1. The van der Waals surface area contributed by atoms with Crippen LogP contribution in [0.15, 0.2) is 9.59 Å². The lowest BCUT2D eigenvalue weighted by atomic mass is 9.88. The molecule has 0 saturated heterocycles. The van der Waals surface area contributed by atoms with Crippen LogP contribution in [-0.2, 0) is 14.1 Å². The molecule has 2 rings (SSSR count). The Kier molecular flexibility index (Phi) is 4.57. The first-order valence-corrected chi connectivity index (χ1v) is 8.15. The second-order valence-corrected chi connectivity index (χ2v) is 6.69. The first kappa shape index (κ1) is 15.2. The van der Waals surface area contributed by atoms with E-state index in [0.29, 0.717) is 6.54 Å². The maximum atomic E-state index is 12.0. The van der Waals surface area contributed by atoms with Crippen LogP contribution in [0.3, 0.4) is 0 Å². The summed E-state index contributed by atoms with van der Waals surface area (Å²) >= 11 is 1.86. The molecule has 0 bridgehead atoms. The molecule has 0 amide bonds. The summed E-state index contributed by atoms with van der Waals surface area (Å²) in [6.07, 6.45) is 8.21. The summed E-state index contributed by atoms with van der Waals surface area (Å²) in [5.74, 6) is 0.258. The highest BCUT2D eigenvalue weighted by Gasteiger charge is 2.31. The number of aryl methyl sites for hydroxylation is 1. The fourth-order valence-corrected chi connectivity index (χ4v) is 3.62. The summed E-state index contributed by atoms with van der Waals surface area (Å²) in [4.78, 5) is 23.6. The first-order chi connectivity index (χ1) is 9.49. The van der Waals surface area contributed by atoms with Crippen molar-refractivity contribution in [3.8, 4) is 0 Å². The molecule has 0 aliphatic heterocycles. The smallest absolute Gasteiger partial charge is 0.346 e. The molecule has 0 radical (unpaired) electrons. The van der Waals surface area contributed by atoms with Crippen molar-refractivity contribution in [1.82, 2.24) is 14.3 Å². The van der Waals surface area contributed by atoms with Crippen LogP contribution in [-0.4, -0.2) is 31.9 Å². The summed E-state index contributed by atoms with van der Waals surface area (Å²) in [7, 11) is 3.03. The number of thioether (sulfide) groups is 1. The Bertz CT molecular complexity index is 587. The second-order valence-electron chi connectivity index (χ2n) is 5.42. The highest BCUT2D eigenvalue weighted by Crippen LogP contribution is 2.38. The number of nitrogens with zero attached hydrogens (tertiary/aromatic N) is 3. The van der Waals surface area contributed by atoms with Crippen LogP contribution in [0.1, 0.15) is 32.1 Å². The van der Waals surface area contributed by atoms with Crippen LogP contribution in [0, 0.1) is 0 Å². The zero-order valence-corrected chi connectivity index (χ0v) is 13.1. The van der Waals surface area contributed by atoms with Gasteiger partial charge in [-0.05, 0) is 19.1 Å². The van der Waals surface area contributed by atoms with Gasteiger partial charge in [-0.3, -0.25) is 9.36 Å². The van der Waals surface area contributed by atoms with Gasteiger partial charge in [0.25, 0.3) is 5.56 Å². The fraction of sp³-hybridized carbons (Fsp3) is 0.769. The van der Waals surface area contributed by atoms with Crippen molar-refractivity contribution < 1.29 is 0 Å². The highest BCUT2D eigenvalue weighted by atomic mass is 32.2. The van der Waals surface area contributed by atoms with Gasteiger partial charge in [-0.2, -0.15) is 11.8 Å².